The van der Waals surface area contributed by atoms with E-state index >= 15 is 0 Å². The first-order valence-corrected chi connectivity index (χ1v) is 6.01. The lowest BCUT2D eigenvalue weighted by Gasteiger charge is -2.08. The van der Waals surface area contributed by atoms with Crippen molar-refractivity contribution in [2.24, 2.45) is 0 Å². The van der Waals surface area contributed by atoms with Crippen LogP contribution in [0.15, 0.2) is 24.3 Å². The number of ether oxygens (including phenoxy) is 1. The summed E-state index contributed by atoms with van der Waals surface area (Å²) in [5.74, 6) is 0.655. The van der Waals surface area contributed by atoms with E-state index in [1.165, 1.54) is 12.1 Å². The number of aromatic nitrogens is 2. The topological polar surface area (TPSA) is 47.0 Å². The second-order valence-electron chi connectivity index (χ2n) is 4.07. The Kier molecular flexibility index (Phi) is 4.29. The molecule has 0 bridgehead atoms. The monoisotopic (exact) mass is 281 g/mol. The van der Waals surface area contributed by atoms with Crippen molar-refractivity contribution in [2.75, 3.05) is 12.4 Å². The molecule has 0 atom stereocenters. The molecule has 0 spiro atoms. The molecular weight excluding hydrogens is 269 g/mol. The van der Waals surface area contributed by atoms with E-state index in [0.29, 0.717) is 22.5 Å². The van der Waals surface area contributed by atoms with Crippen LogP contribution in [0.5, 0.6) is 0 Å². The number of methoxy groups -OCH3 is 1. The number of aryl methyl sites for hydroxylation is 1. The number of nitrogens with one attached hydrogen (secondary N) is 1. The third-order valence-corrected chi connectivity index (χ3v) is 2.52. The van der Waals surface area contributed by atoms with Gasteiger partial charge in [-0.25, -0.2) is 14.4 Å². The Labute approximate surface area is 115 Å². The van der Waals surface area contributed by atoms with Crippen molar-refractivity contribution >= 4 is 23.1 Å². The highest BCUT2D eigenvalue weighted by atomic mass is 35.5. The summed E-state index contributed by atoms with van der Waals surface area (Å²) < 4.78 is 18.2. The summed E-state index contributed by atoms with van der Waals surface area (Å²) >= 11 is 5.89. The fourth-order valence-corrected chi connectivity index (χ4v) is 1.88. The van der Waals surface area contributed by atoms with Gasteiger partial charge < -0.3 is 10.1 Å². The van der Waals surface area contributed by atoms with Crippen molar-refractivity contribution in [1.82, 2.24) is 9.97 Å². The predicted octanol–water partition coefficient (Wildman–Crippen LogP) is 3.47. The van der Waals surface area contributed by atoms with Crippen molar-refractivity contribution < 1.29 is 9.13 Å². The van der Waals surface area contributed by atoms with Gasteiger partial charge in [-0.15, -0.1) is 0 Å². The Bertz CT molecular complexity index is 572. The number of rotatable bonds is 4. The van der Waals surface area contributed by atoms with Gasteiger partial charge in [0.15, 0.2) is 5.82 Å². The molecule has 0 saturated carbocycles. The van der Waals surface area contributed by atoms with E-state index in [1.807, 2.05) is 13.0 Å². The number of anilines is 2. The maximum atomic E-state index is 13.3. The van der Waals surface area contributed by atoms with Crippen molar-refractivity contribution in [2.45, 2.75) is 13.5 Å². The van der Waals surface area contributed by atoms with Crippen LogP contribution >= 0.6 is 11.6 Å². The van der Waals surface area contributed by atoms with Gasteiger partial charge in [-0.1, -0.05) is 11.6 Å². The van der Waals surface area contributed by atoms with Crippen LogP contribution in [-0.4, -0.2) is 17.1 Å². The third kappa shape index (κ3) is 3.87. The standard InChI is InChI=1S/C13H13ClFN3O/c1-8-3-9(15)5-10(4-8)16-12-6-11(14)17-13(18-12)7-19-2/h3-6H,7H2,1-2H3,(H,16,17,18). The molecule has 0 aliphatic heterocycles. The summed E-state index contributed by atoms with van der Waals surface area (Å²) in [5, 5.41) is 3.30. The fraction of sp³-hybridized carbons (Fsp3) is 0.231. The third-order valence-electron chi connectivity index (χ3n) is 2.33. The summed E-state index contributed by atoms with van der Waals surface area (Å²) in [5.41, 5.74) is 1.43. The molecule has 0 aliphatic rings. The maximum absolute atomic E-state index is 13.3. The number of hydrogen-bond acceptors (Lipinski definition) is 4. The summed E-state index contributed by atoms with van der Waals surface area (Å²) in [6.07, 6.45) is 0. The fourth-order valence-electron chi connectivity index (χ4n) is 1.68. The molecule has 2 aromatic rings. The Morgan fingerprint density at radius 2 is 2.05 bits per heavy atom. The largest absolute Gasteiger partial charge is 0.377 e. The van der Waals surface area contributed by atoms with E-state index in [2.05, 4.69) is 15.3 Å². The van der Waals surface area contributed by atoms with E-state index < -0.39 is 0 Å². The molecule has 100 valence electrons. The summed E-state index contributed by atoms with van der Waals surface area (Å²) in [6, 6.07) is 6.23. The lowest BCUT2D eigenvalue weighted by molar-refractivity contribution is 0.178. The molecule has 6 heteroatoms. The second kappa shape index (κ2) is 5.95. The molecule has 1 aromatic carbocycles. The van der Waals surface area contributed by atoms with Crippen molar-refractivity contribution in [3.05, 3.63) is 46.6 Å². The Hall–Kier alpha value is -1.72. The Balaban J connectivity index is 2.27. The lowest BCUT2D eigenvalue weighted by Crippen LogP contribution is -2.02. The Morgan fingerprint density at radius 1 is 1.26 bits per heavy atom. The predicted molar refractivity (Wildman–Crippen MR) is 72.2 cm³/mol. The molecule has 19 heavy (non-hydrogen) atoms. The molecule has 0 amide bonds. The first-order valence-electron chi connectivity index (χ1n) is 5.63. The molecule has 0 unspecified atom stereocenters. The maximum Gasteiger partial charge on any atom is 0.158 e. The summed E-state index contributed by atoms with van der Waals surface area (Å²) in [4.78, 5) is 8.24. The smallest absolute Gasteiger partial charge is 0.158 e. The van der Waals surface area contributed by atoms with Gasteiger partial charge >= 0.3 is 0 Å². The van der Waals surface area contributed by atoms with Crippen LogP contribution in [0.2, 0.25) is 5.15 Å². The van der Waals surface area contributed by atoms with Crippen molar-refractivity contribution in [3.8, 4) is 0 Å². The molecule has 2 rings (SSSR count). The van der Waals surface area contributed by atoms with Crippen LogP contribution in [0, 0.1) is 12.7 Å². The first kappa shape index (κ1) is 13.7. The highest BCUT2D eigenvalue weighted by molar-refractivity contribution is 6.29. The number of halogens is 2. The van der Waals surface area contributed by atoms with E-state index in [0.717, 1.165) is 5.56 Å². The quantitative estimate of drug-likeness (QED) is 0.872. The summed E-state index contributed by atoms with van der Waals surface area (Å²) in [6.45, 7) is 2.08. The second-order valence-corrected chi connectivity index (χ2v) is 4.45. The molecule has 0 aliphatic carbocycles. The zero-order valence-corrected chi connectivity index (χ0v) is 11.3. The van der Waals surface area contributed by atoms with Crippen LogP contribution in [-0.2, 0) is 11.3 Å². The number of benzene rings is 1. The first-order chi connectivity index (χ1) is 9.06. The Morgan fingerprint density at radius 3 is 2.74 bits per heavy atom. The van der Waals surface area contributed by atoms with Gasteiger partial charge in [-0.2, -0.15) is 0 Å². The molecule has 1 aromatic heterocycles. The van der Waals surface area contributed by atoms with Crippen LogP contribution in [0.25, 0.3) is 0 Å². The minimum Gasteiger partial charge on any atom is -0.377 e. The highest BCUT2D eigenvalue weighted by Gasteiger charge is 2.05. The average molecular weight is 282 g/mol. The highest BCUT2D eigenvalue weighted by Crippen LogP contribution is 2.20. The average Bonchev–Trinajstić information content (AvgIpc) is 2.26. The van der Waals surface area contributed by atoms with E-state index in [1.54, 1.807) is 13.2 Å². The SMILES string of the molecule is COCc1nc(Cl)cc(Nc2cc(C)cc(F)c2)n1. The molecule has 4 nitrogen and oxygen atoms in total. The van der Waals surface area contributed by atoms with Gasteiger partial charge in [0.2, 0.25) is 0 Å². The zero-order valence-electron chi connectivity index (χ0n) is 10.6. The van der Waals surface area contributed by atoms with Gasteiger partial charge in [0.25, 0.3) is 0 Å². The summed E-state index contributed by atoms with van der Waals surface area (Å²) in [7, 11) is 1.55. The van der Waals surface area contributed by atoms with Gasteiger partial charge in [-0.3, -0.25) is 0 Å². The van der Waals surface area contributed by atoms with Crippen LogP contribution < -0.4 is 5.32 Å². The lowest BCUT2D eigenvalue weighted by atomic mass is 10.2. The van der Waals surface area contributed by atoms with Gasteiger partial charge in [-0.05, 0) is 30.7 Å². The molecule has 1 heterocycles. The molecule has 0 radical (unpaired) electrons. The van der Waals surface area contributed by atoms with E-state index in [4.69, 9.17) is 16.3 Å². The van der Waals surface area contributed by atoms with Crippen LogP contribution in [0.1, 0.15) is 11.4 Å². The van der Waals surface area contributed by atoms with Crippen LogP contribution in [0.4, 0.5) is 15.9 Å². The zero-order chi connectivity index (χ0) is 13.8. The van der Waals surface area contributed by atoms with Crippen LogP contribution in [0.3, 0.4) is 0 Å². The minimum absolute atomic E-state index is 0.261. The molecular formula is C13H13ClFN3O. The number of nitrogens with zero attached hydrogens (tertiary/aromatic N) is 2. The van der Waals surface area contributed by atoms with E-state index in [9.17, 15) is 4.39 Å². The minimum atomic E-state index is -0.306. The normalized spacial score (nSPS) is 10.5. The molecule has 0 saturated heterocycles. The van der Waals surface area contributed by atoms with Crippen molar-refractivity contribution in [1.29, 1.82) is 0 Å². The number of hydrogen-bond donors (Lipinski definition) is 1. The molecule has 1 N–H and O–H groups in total. The van der Waals surface area contributed by atoms with E-state index in [-0.39, 0.29) is 12.4 Å². The van der Waals surface area contributed by atoms with Gasteiger partial charge in [0, 0.05) is 18.9 Å². The van der Waals surface area contributed by atoms with Crippen molar-refractivity contribution in [3.63, 3.8) is 0 Å². The van der Waals surface area contributed by atoms with Gasteiger partial charge in [0.1, 0.15) is 23.4 Å². The van der Waals surface area contributed by atoms with Gasteiger partial charge in [0.05, 0.1) is 0 Å². The molecule has 0 fully saturated rings.